The highest BCUT2D eigenvalue weighted by molar-refractivity contribution is 9.12. The Kier molecular flexibility index (Phi) is 3.59. The van der Waals surface area contributed by atoms with Crippen molar-refractivity contribution in [3.63, 3.8) is 0 Å². The van der Waals surface area contributed by atoms with Gasteiger partial charge in [0.15, 0.2) is 11.9 Å². The highest BCUT2D eigenvalue weighted by Gasteiger charge is 2.34. The van der Waals surface area contributed by atoms with Gasteiger partial charge in [-0.1, -0.05) is 30.3 Å². The Labute approximate surface area is 130 Å². The third-order valence-electron chi connectivity index (χ3n) is 3.56. The van der Waals surface area contributed by atoms with Crippen molar-refractivity contribution >= 4 is 32.7 Å². The highest BCUT2D eigenvalue weighted by Crippen LogP contribution is 2.34. The highest BCUT2D eigenvalue weighted by atomic mass is 79.9. The van der Waals surface area contributed by atoms with Crippen molar-refractivity contribution in [2.24, 2.45) is 0 Å². The average molecular weight is 349 g/mol. The lowest BCUT2D eigenvalue weighted by molar-refractivity contribution is -0.139. The van der Waals surface area contributed by atoms with Crippen LogP contribution >= 0.6 is 15.9 Å². The largest absolute Gasteiger partial charge is 0.508 e. The van der Waals surface area contributed by atoms with E-state index in [4.69, 9.17) is 9.47 Å². The molecule has 0 saturated heterocycles. The summed E-state index contributed by atoms with van der Waals surface area (Å²) in [6.45, 7) is 0. The van der Waals surface area contributed by atoms with E-state index in [2.05, 4.69) is 15.9 Å². The number of methoxy groups -OCH3 is 1. The fourth-order valence-corrected chi connectivity index (χ4v) is 3.07. The Morgan fingerprint density at radius 1 is 1.29 bits per heavy atom. The molecule has 0 radical (unpaired) electrons. The second-order valence-corrected chi connectivity index (χ2v) is 5.56. The summed E-state index contributed by atoms with van der Waals surface area (Å²) in [5.74, 6) is 0.187. The van der Waals surface area contributed by atoms with Crippen LogP contribution in [0.4, 0.5) is 0 Å². The molecule has 0 fully saturated rings. The fourth-order valence-electron chi connectivity index (χ4n) is 2.56. The van der Waals surface area contributed by atoms with Gasteiger partial charge in [-0.25, -0.2) is 4.79 Å². The molecule has 4 nitrogen and oxygen atoms in total. The molecule has 1 aliphatic rings. The van der Waals surface area contributed by atoms with Crippen LogP contribution in [0.15, 0.2) is 46.6 Å². The van der Waals surface area contributed by atoms with Crippen LogP contribution in [0.5, 0.6) is 5.75 Å². The Morgan fingerprint density at radius 2 is 2.05 bits per heavy atom. The van der Waals surface area contributed by atoms with Gasteiger partial charge in [0, 0.05) is 12.0 Å². The zero-order chi connectivity index (χ0) is 15.0. The number of phenolic OH excluding ortho intramolecular Hbond substituents is 1. The zero-order valence-electron chi connectivity index (χ0n) is 11.3. The summed E-state index contributed by atoms with van der Waals surface area (Å²) < 4.78 is 10.8. The van der Waals surface area contributed by atoms with Gasteiger partial charge in [0.1, 0.15) is 10.2 Å². The van der Waals surface area contributed by atoms with E-state index in [1.54, 1.807) is 6.07 Å². The van der Waals surface area contributed by atoms with Crippen molar-refractivity contribution in [1.29, 1.82) is 0 Å². The molecule has 21 heavy (non-hydrogen) atoms. The lowest BCUT2D eigenvalue weighted by Gasteiger charge is -2.15. The molecule has 0 amide bonds. The van der Waals surface area contributed by atoms with Crippen molar-refractivity contribution in [1.82, 2.24) is 0 Å². The van der Waals surface area contributed by atoms with Crippen LogP contribution in [0.3, 0.4) is 0 Å². The molecule has 0 aliphatic carbocycles. The lowest BCUT2D eigenvalue weighted by Crippen LogP contribution is -2.16. The van der Waals surface area contributed by atoms with Crippen LogP contribution < -0.4 is 0 Å². The minimum absolute atomic E-state index is 0.184. The van der Waals surface area contributed by atoms with E-state index in [1.807, 2.05) is 30.3 Å². The van der Waals surface area contributed by atoms with Gasteiger partial charge in [-0.3, -0.25) is 0 Å². The van der Waals surface area contributed by atoms with Crippen molar-refractivity contribution in [2.45, 2.75) is 12.5 Å². The van der Waals surface area contributed by atoms with E-state index in [-0.39, 0.29) is 5.75 Å². The maximum atomic E-state index is 11.6. The molecule has 1 atom stereocenters. The topological polar surface area (TPSA) is 55.8 Å². The van der Waals surface area contributed by atoms with Crippen LogP contribution in [0.25, 0.3) is 10.8 Å². The van der Waals surface area contributed by atoms with E-state index >= 15 is 0 Å². The van der Waals surface area contributed by atoms with Crippen molar-refractivity contribution in [3.8, 4) is 5.75 Å². The van der Waals surface area contributed by atoms with Crippen LogP contribution in [-0.4, -0.2) is 24.3 Å². The number of esters is 1. The molecule has 1 N–H and O–H groups in total. The number of fused-ring (bicyclic) bond motifs is 1. The summed E-state index contributed by atoms with van der Waals surface area (Å²) in [6.07, 6.45) is -0.175. The first-order valence-electron chi connectivity index (χ1n) is 6.46. The Bertz CT molecular complexity index is 751. The van der Waals surface area contributed by atoms with E-state index in [0.717, 1.165) is 16.3 Å². The first-order chi connectivity index (χ1) is 10.1. The Balaban J connectivity index is 2.03. The summed E-state index contributed by atoms with van der Waals surface area (Å²) in [4.78, 5) is 11.6. The number of benzene rings is 2. The number of cyclic esters (lactones) is 1. The number of hydrogen-bond acceptors (Lipinski definition) is 4. The van der Waals surface area contributed by atoms with Gasteiger partial charge in [-0.2, -0.15) is 0 Å². The standard InChI is InChI=1S/C16H13BrO4/c1-20-15-13(21-16(19)14(15)17)8-11-10-5-3-2-4-9(10)6-7-12(11)18/h2-7,13,18H,8H2,1H3. The number of ether oxygens (including phenoxy) is 2. The molecule has 1 heterocycles. The third-order valence-corrected chi connectivity index (χ3v) is 4.28. The van der Waals surface area contributed by atoms with E-state index in [0.29, 0.717) is 16.7 Å². The Morgan fingerprint density at radius 3 is 2.81 bits per heavy atom. The van der Waals surface area contributed by atoms with Gasteiger partial charge >= 0.3 is 5.97 Å². The average Bonchev–Trinajstić information content (AvgIpc) is 2.76. The number of carbonyl (C=O) groups excluding carboxylic acids is 1. The molecule has 3 rings (SSSR count). The van der Waals surface area contributed by atoms with Crippen molar-refractivity contribution < 1.29 is 19.4 Å². The first-order valence-corrected chi connectivity index (χ1v) is 7.25. The SMILES string of the molecule is COC1=C(Br)C(=O)OC1Cc1c(O)ccc2ccccc12. The normalized spacial score (nSPS) is 18.2. The molecular formula is C16H13BrO4. The third kappa shape index (κ3) is 2.38. The van der Waals surface area contributed by atoms with E-state index in [1.165, 1.54) is 7.11 Å². The zero-order valence-corrected chi connectivity index (χ0v) is 12.9. The molecule has 0 aromatic heterocycles. The van der Waals surface area contributed by atoms with Gasteiger partial charge in [0.05, 0.1) is 7.11 Å². The number of aromatic hydroxyl groups is 1. The number of phenols is 1. The van der Waals surface area contributed by atoms with Crippen molar-refractivity contribution in [2.75, 3.05) is 7.11 Å². The molecule has 0 saturated carbocycles. The van der Waals surface area contributed by atoms with Gasteiger partial charge in [-0.15, -0.1) is 0 Å². The van der Waals surface area contributed by atoms with Crippen LogP contribution in [0.2, 0.25) is 0 Å². The molecule has 0 spiro atoms. The first kappa shape index (κ1) is 13.9. The molecule has 1 unspecified atom stereocenters. The Hall–Kier alpha value is -2.01. The van der Waals surface area contributed by atoms with E-state index < -0.39 is 12.1 Å². The summed E-state index contributed by atoms with van der Waals surface area (Å²) in [5.41, 5.74) is 0.739. The fraction of sp³-hybridized carbons (Fsp3) is 0.188. The molecule has 2 aromatic carbocycles. The number of hydrogen-bond donors (Lipinski definition) is 1. The molecule has 108 valence electrons. The second-order valence-electron chi connectivity index (χ2n) is 4.76. The number of halogens is 1. The maximum Gasteiger partial charge on any atom is 0.349 e. The lowest BCUT2D eigenvalue weighted by atomic mass is 9.98. The summed E-state index contributed by atoms with van der Waals surface area (Å²) in [5, 5.41) is 12.1. The van der Waals surface area contributed by atoms with Gasteiger partial charge in [0.25, 0.3) is 0 Å². The van der Waals surface area contributed by atoms with E-state index in [9.17, 15) is 9.90 Å². The van der Waals surface area contributed by atoms with Gasteiger partial charge in [-0.05, 0) is 32.8 Å². The minimum atomic E-state index is -0.534. The minimum Gasteiger partial charge on any atom is -0.508 e. The summed E-state index contributed by atoms with van der Waals surface area (Å²) in [6, 6.07) is 11.3. The molecular weight excluding hydrogens is 336 g/mol. The van der Waals surface area contributed by atoms with Gasteiger partial charge < -0.3 is 14.6 Å². The second kappa shape index (κ2) is 5.41. The van der Waals surface area contributed by atoms with Crippen LogP contribution in [0, 0.1) is 0 Å². The predicted octanol–water partition coefficient (Wildman–Crippen LogP) is 3.27. The van der Waals surface area contributed by atoms with Crippen LogP contribution in [-0.2, 0) is 20.7 Å². The molecule has 0 bridgehead atoms. The smallest absolute Gasteiger partial charge is 0.349 e. The van der Waals surface area contributed by atoms with Crippen LogP contribution in [0.1, 0.15) is 5.56 Å². The predicted molar refractivity (Wildman–Crippen MR) is 82.2 cm³/mol. The quantitative estimate of drug-likeness (QED) is 0.865. The van der Waals surface area contributed by atoms with Gasteiger partial charge in [0.2, 0.25) is 0 Å². The monoisotopic (exact) mass is 348 g/mol. The summed E-state index contributed by atoms with van der Waals surface area (Å²) >= 11 is 3.17. The number of carbonyl (C=O) groups is 1. The molecule has 2 aromatic rings. The molecule has 1 aliphatic heterocycles. The number of rotatable bonds is 3. The molecule has 5 heteroatoms. The summed E-state index contributed by atoms with van der Waals surface area (Å²) in [7, 11) is 1.49. The maximum absolute atomic E-state index is 11.6. The van der Waals surface area contributed by atoms with Crippen molar-refractivity contribution in [3.05, 3.63) is 52.2 Å².